The van der Waals surface area contributed by atoms with Crippen LogP contribution in [0.25, 0.3) is 0 Å². The van der Waals surface area contributed by atoms with Gasteiger partial charge in [-0.2, -0.15) is 4.98 Å². The molecule has 3 heterocycles. The molecule has 2 atom stereocenters. The number of amides is 1. The smallest absolute Gasteiger partial charge is 0.227 e. The zero-order valence-electron chi connectivity index (χ0n) is 21.2. The Labute approximate surface area is 207 Å². The Morgan fingerprint density at radius 2 is 1.74 bits per heavy atom. The first-order valence-electron chi connectivity index (χ1n) is 12.8. The monoisotopic (exact) mass is 476 g/mol. The first-order chi connectivity index (χ1) is 16.9. The standard InChI is InChI=1S/C27H36N6O2/c1-17(2)33-15-23-25(24(33)16-34)29-27(32-13-11-31(12-14-32)19(4)35)30-26(23)28-18(3)20-5-7-21(8-6-20)22-9-10-22/h5-8,16-18,22,24H,9-15H2,1-4H3,(H,28,29,30)/t18?,24-/m0/s1. The van der Waals surface area contributed by atoms with Gasteiger partial charge in [-0.05, 0) is 50.7 Å². The Kier molecular flexibility index (Phi) is 6.49. The largest absolute Gasteiger partial charge is 0.363 e. The summed E-state index contributed by atoms with van der Waals surface area (Å²) in [5.41, 5.74) is 4.44. The highest BCUT2D eigenvalue weighted by Crippen LogP contribution is 2.41. The lowest BCUT2D eigenvalue weighted by atomic mass is 10.0. The molecule has 1 aliphatic carbocycles. The molecule has 1 saturated carbocycles. The Hall–Kier alpha value is -3.00. The Morgan fingerprint density at radius 3 is 2.31 bits per heavy atom. The fraction of sp³-hybridized carbons (Fsp3) is 0.556. The van der Waals surface area contributed by atoms with E-state index in [1.54, 1.807) is 6.92 Å². The maximum atomic E-state index is 12.2. The summed E-state index contributed by atoms with van der Waals surface area (Å²) < 4.78 is 0. The van der Waals surface area contributed by atoms with E-state index in [2.05, 4.69) is 60.2 Å². The highest BCUT2D eigenvalue weighted by molar-refractivity contribution is 5.73. The Morgan fingerprint density at radius 1 is 1.06 bits per heavy atom. The Balaban J connectivity index is 1.44. The summed E-state index contributed by atoms with van der Waals surface area (Å²) in [6.07, 6.45) is 3.60. The summed E-state index contributed by atoms with van der Waals surface area (Å²) in [6.45, 7) is 11.3. The van der Waals surface area contributed by atoms with Crippen LogP contribution in [0.15, 0.2) is 24.3 Å². The van der Waals surface area contributed by atoms with Crippen molar-refractivity contribution in [3.8, 4) is 0 Å². The molecule has 1 aromatic carbocycles. The second-order valence-electron chi connectivity index (χ2n) is 10.4. The molecule has 1 amide bonds. The molecule has 0 bridgehead atoms. The minimum atomic E-state index is -0.376. The van der Waals surface area contributed by atoms with Crippen molar-refractivity contribution < 1.29 is 9.59 Å². The molecular weight excluding hydrogens is 440 g/mol. The third kappa shape index (κ3) is 4.76. The number of hydrogen-bond acceptors (Lipinski definition) is 7. The molecule has 2 aromatic rings. The van der Waals surface area contributed by atoms with Crippen molar-refractivity contribution in [2.75, 3.05) is 36.4 Å². The van der Waals surface area contributed by atoms with Crippen LogP contribution in [-0.4, -0.2) is 64.2 Å². The van der Waals surface area contributed by atoms with Gasteiger partial charge in [0.1, 0.15) is 18.1 Å². The first-order valence-corrected chi connectivity index (χ1v) is 12.8. The quantitative estimate of drug-likeness (QED) is 0.611. The zero-order chi connectivity index (χ0) is 24.7. The number of fused-ring (bicyclic) bond motifs is 1. The summed E-state index contributed by atoms with van der Waals surface area (Å²) in [4.78, 5) is 40.0. The number of piperazine rings is 1. The number of nitrogens with one attached hydrogen (secondary N) is 1. The van der Waals surface area contributed by atoms with Gasteiger partial charge in [-0.1, -0.05) is 24.3 Å². The molecule has 3 aliphatic rings. The number of carbonyl (C=O) groups excluding carboxylic acids is 2. The predicted octanol–water partition coefficient (Wildman–Crippen LogP) is 3.66. The molecule has 1 N–H and O–H groups in total. The molecule has 0 spiro atoms. The van der Waals surface area contributed by atoms with E-state index in [4.69, 9.17) is 9.97 Å². The number of aldehydes is 1. The summed E-state index contributed by atoms with van der Waals surface area (Å²) in [6, 6.07) is 8.82. The average molecular weight is 477 g/mol. The van der Waals surface area contributed by atoms with Crippen LogP contribution in [0.2, 0.25) is 0 Å². The van der Waals surface area contributed by atoms with Gasteiger partial charge in [0.25, 0.3) is 0 Å². The van der Waals surface area contributed by atoms with Gasteiger partial charge in [0.05, 0.1) is 5.69 Å². The van der Waals surface area contributed by atoms with E-state index in [0.29, 0.717) is 38.7 Å². The van der Waals surface area contributed by atoms with Crippen molar-refractivity contribution in [1.82, 2.24) is 19.8 Å². The molecule has 1 unspecified atom stereocenters. The van der Waals surface area contributed by atoms with Crippen LogP contribution in [0.4, 0.5) is 11.8 Å². The van der Waals surface area contributed by atoms with Crippen LogP contribution in [0.3, 0.4) is 0 Å². The molecule has 8 nitrogen and oxygen atoms in total. The lowest BCUT2D eigenvalue weighted by molar-refractivity contribution is -0.129. The van der Waals surface area contributed by atoms with E-state index >= 15 is 0 Å². The van der Waals surface area contributed by atoms with E-state index in [1.807, 2.05) is 4.90 Å². The number of carbonyl (C=O) groups is 2. The highest BCUT2D eigenvalue weighted by atomic mass is 16.2. The molecule has 2 aliphatic heterocycles. The number of aromatic nitrogens is 2. The van der Waals surface area contributed by atoms with Gasteiger partial charge < -0.3 is 19.9 Å². The third-order valence-electron chi connectivity index (χ3n) is 7.64. The van der Waals surface area contributed by atoms with E-state index < -0.39 is 0 Å². The second-order valence-corrected chi connectivity index (χ2v) is 10.4. The average Bonchev–Trinajstić information content (AvgIpc) is 3.64. The molecule has 0 radical (unpaired) electrons. The van der Waals surface area contributed by atoms with Crippen LogP contribution in [-0.2, 0) is 16.1 Å². The minimum Gasteiger partial charge on any atom is -0.363 e. The van der Waals surface area contributed by atoms with Crippen molar-refractivity contribution >= 4 is 24.0 Å². The number of rotatable bonds is 7. The maximum absolute atomic E-state index is 12.2. The van der Waals surface area contributed by atoms with Gasteiger partial charge in [0.15, 0.2) is 0 Å². The van der Waals surface area contributed by atoms with Crippen molar-refractivity contribution in [1.29, 1.82) is 0 Å². The van der Waals surface area contributed by atoms with Crippen molar-refractivity contribution in [3.05, 3.63) is 46.6 Å². The van der Waals surface area contributed by atoms with E-state index in [1.165, 1.54) is 24.0 Å². The normalized spacial score (nSPS) is 21.2. The molecule has 1 saturated heterocycles. The molecule has 5 rings (SSSR count). The summed E-state index contributed by atoms with van der Waals surface area (Å²) >= 11 is 0. The predicted molar refractivity (Wildman–Crippen MR) is 136 cm³/mol. The van der Waals surface area contributed by atoms with Crippen LogP contribution >= 0.6 is 0 Å². The van der Waals surface area contributed by atoms with Gasteiger partial charge in [-0.15, -0.1) is 0 Å². The molecule has 1 aromatic heterocycles. The molecule has 35 heavy (non-hydrogen) atoms. The first kappa shape index (κ1) is 23.7. The lowest BCUT2D eigenvalue weighted by Gasteiger charge is -2.34. The van der Waals surface area contributed by atoms with Crippen LogP contribution in [0.1, 0.15) is 80.9 Å². The fourth-order valence-corrected chi connectivity index (χ4v) is 5.22. The number of nitrogens with zero attached hydrogens (tertiary/aromatic N) is 5. The molecule has 8 heteroatoms. The fourth-order valence-electron chi connectivity index (χ4n) is 5.22. The van der Waals surface area contributed by atoms with Crippen molar-refractivity contribution in [3.63, 3.8) is 0 Å². The van der Waals surface area contributed by atoms with Gasteiger partial charge in [0.2, 0.25) is 11.9 Å². The third-order valence-corrected chi connectivity index (χ3v) is 7.64. The van der Waals surface area contributed by atoms with Crippen molar-refractivity contribution in [2.45, 2.75) is 71.1 Å². The van der Waals surface area contributed by atoms with Gasteiger partial charge in [0, 0.05) is 57.3 Å². The van der Waals surface area contributed by atoms with E-state index in [0.717, 1.165) is 29.3 Å². The number of benzene rings is 1. The number of hydrogen-bond donors (Lipinski definition) is 1. The van der Waals surface area contributed by atoms with Gasteiger partial charge in [-0.3, -0.25) is 9.69 Å². The SMILES string of the molecule is CC(=O)N1CCN(c2nc(NC(C)c3ccc(C4CC4)cc3)c3c(n2)[C@H](C=O)N(C(C)C)C3)CC1. The second kappa shape index (κ2) is 9.57. The summed E-state index contributed by atoms with van der Waals surface area (Å²) in [5.74, 6) is 2.26. The lowest BCUT2D eigenvalue weighted by Crippen LogP contribution is -2.48. The summed E-state index contributed by atoms with van der Waals surface area (Å²) in [7, 11) is 0. The van der Waals surface area contributed by atoms with Crippen LogP contribution < -0.4 is 10.2 Å². The summed E-state index contributed by atoms with van der Waals surface area (Å²) in [5, 5.41) is 3.65. The maximum Gasteiger partial charge on any atom is 0.227 e. The molecule has 2 fully saturated rings. The van der Waals surface area contributed by atoms with E-state index in [-0.39, 0.29) is 24.0 Å². The molecular formula is C27H36N6O2. The molecule has 186 valence electrons. The van der Waals surface area contributed by atoms with E-state index in [9.17, 15) is 9.59 Å². The van der Waals surface area contributed by atoms with Crippen molar-refractivity contribution in [2.24, 2.45) is 0 Å². The number of anilines is 2. The van der Waals surface area contributed by atoms with Crippen LogP contribution in [0, 0.1) is 0 Å². The van der Waals surface area contributed by atoms with Gasteiger partial charge >= 0.3 is 0 Å². The van der Waals surface area contributed by atoms with Gasteiger partial charge in [-0.25, -0.2) is 4.98 Å². The highest BCUT2D eigenvalue weighted by Gasteiger charge is 2.37. The zero-order valence-corrected chi connectivity index (χ0v) is 21.2. The Bertz CT molecular complexity index is 1090. The topological polar surface area (TPSA) is 81.7 Å². The minimum absolute atomic E-state index is 0.0624. The van der Waals surface area contributed by atoms with Crippen LogP contribution in [0.5, 0.6) is 0 Å².